The smallest absolute Gasteiger partial charge is 0.0454 e. The fraction of sp³-hybridized carbons (Fsp3) is 0.571. The molecule has 0 saturated carbocycles. The molecule has 0 fully saturated rings. The zero-order valence-electron chi connectivity index (χ0n) is 11.7. The molecule has 16 heavy (non-hydrogen) atoms. The highest BCUT2D eigenvalue weighted by Gasteiger charge is 2.36. The van der Waals surface area contributed by atoms with E-state index in [0.717, 1.165) is 6.42 Å². The van der Waals surface area contributed by atoms with Crippen molar-refractivity contribution >= 4 is 15.2 Å². The Balaban J connectivity index is 2.80. The first-order valence-electron chi connectivity index (χ1n) is 6.34. The van der Waals surface area contributed by atoms with Gasteiger partial charge in [-0.15, -0.1) is 0 Å². The highest BCUT2D eigenvalue weighted by Crippen LogP contribution is 2.23. The van der Waals surface area contributed by atoms with E-state index in [1.54, 1.807) is 5.56 Å². The molecule has 1 rings (SSSR count). The summed E-state index contributed by atoms with van der Waals surface area (Å²) >= 11 is 0. The Labute approximate surface area is 103 Å². The summed E-state index contributed by atoms with van der Waals surface area (Å²) in [6, 6.07) is 10.6. The van der Waals surface area contributed by atoms with Gasteiger partial charge in [-0.1, -0.05) is 69.5 Å². The first-order valence-corrected chi connectivity index (χ1v) is 14.0. The maximum absolute atomic E-state index is 2.56. The second-order valence-corrected chi connectivity index (χ2v) is 23.7. The van der Waals surface area contributed by atoms with Gasteiger partial charge in [0, 0.05) is 15.2 Å². The van der Waals surface area contributed by atoms with Gasteiger partial charge in [0.2, 0.25) is 0 Å². The van der Waals surface area contributed by atoms with Crippen molar-refractivity contribution in [3.63, 3.8) is 0 Å². The summed E-state index contributed by atoms with van der Waals surface area (Å²) in [5.74, 6) is 0. The Morgan fingerprint density at radius 2 is 1.25 bits per heavy atom. The lowest BCUT2D eigenvalue weighted by Gasteiger charge is -2.35. The molecule has 90 valence electrons. The largest absolute Gasteiger partial charge is 0.0715 e. The third kappa shape index (κ3) is 3.32. The molecule has 0 unspecified atom stereocenters. The van der Waals surface area contributed by atoms with Crippen molar-refractivity contribution in [1.82, 2.24) is 0 Å². The molecule has 2 heteroatoms. The number of rotatable bonds is 4. The van der Waals surface area contributed by atoms with Crippen molar-refractivity contribution in [2.24, 2.45) is 0 Å². The lowest BCUT2D eigenvalue weighted by atomic mass is 10.1. The molecule has 0 atom stereocenters. The Morgan fingerprint density at radius 3 is 1.62 bits per heavy atom. The average Bonchev–Trinajstić information content (AvgIpc) is 2.16. The Morgan fingerprint density at radius 1 is 0.812 bits per heavy atom. The second kappa shape index (κ2) is 4.88. The van der Waals surface area contributed by atoms with Gasteiger partial charge in [-0.05, 0) is 18.0 Å². The van der Waals surface area contributed by atoms with Crippen LogP contribution in [0.3, 0.4) is 0 Å². The van der Waals surface area contributed by atoms with Gasteiger partial charge in [0.05, 0.1) is 0 Å². The molecule has 0 bridgehead atoms. The third-order valence-corrected chi connectivity index (χ3v) is 22.2. The molecule has 0 N–H and O–H groups in total. The van der Waals surface area contributed by atoms with E-state index in [-0.39, 0.29) is 0 Å². The highest BCUT2D eigenvalue weighted by atomic mass is 29.3. The molecule has 1 aromatic carbocycles. The monoisotopic (exact) mass is 250 g/mol. The molecular weight excluding hydrogens is 224 g/mol. The van der Waals surface area contributed by atoms with Gasteiger partial charge in [-0.3, -0.25) is 0 Å². The maximum atomic E-state index is 2.56. The molecule has 0 aliphatic heterocycles. The van der Waals surface area contributed by atoms with Crippen molar-refractivity contribution < 1.29 is 0 Å². The zero-order chi connectivity index (χ0) is 12.4. The Bertz CT molecular complexity index is 331. The summed E-state index contributed by atoms with van der Waals surface area (Å²) in [6.07, 6.45) is 1.15. The van der Waals surface area contributed by atoms with Crippen LogP contribution in [0.2, 0.25) is 32.7 Å². The Hall–Kier alpha value is -0.346. The average molecular weight is 251 g/mol. The summed E-state index contributed by atoms with van der Waals surface area (Å²) < 4.78 is 0. The fourth-order valence-electron chi connectivity index (χ4n) is 1.67. The minimum absolute atomic E-state index is 0.951. The third-order valence-electron chi connectivity index (χ3n) is 4.11. The van der Waals surface area contributed by atoms with Gasteiger partial charge in [0.15, 0.2) is 0 Å². The van der Waals surface area contributed by atoms with Crippen LogP contribution >= 0.6 is 0 Å². The van der Waals surface area contributed by atoms with Crippen molar-refractivity contribution in [3.05, 3.63) is 35.4 Å². The zero-order valence-corrected chi connectivity index (χ0v) is 13.7. The minimum atomic E-state index is -1.03. The molecule has 0 aliphatic carbocycles. The van der Waals surface area contributed by atoms with Gasteiger partial charge in [0.1, 0.15) is 0 Å². The number of benzene rings is 1. The molecule has 0 amide bonds. The summed E-state index contributed by atoms with van der Waals surface area (Å²) in [6.45, 7) is 14.9. The Kier molecular flexibility index (Phi) is 4.19. The number of aryl methyl sites for hydroxylation is 1. The van der Waals surface area contributed by atoms with Crippen LogP contribution in [0.5, 0.6) is 0 Å². The molecule has 1 aromatic rings. The predicted octanol–water partition coefficient (Wildman–Crippen LogP) is 4.46. The SMILES string of the molecule is CCc1ccc(C[Si](C)(C)[Si](C)(C)C)cc1. The van der Waals surface area contributed by atoms with Crippen LogP contribution in [-0.2, 0) is 12.5 Å². The normalized spacial score (nSPS) is 12.9. The van der Waals surface area contributed by atoms with Crippen LogP contribution in [0.1, 0.15) is 18.1 Å². The highest BCUT2D eigenvalue weighted by molar-refractivity contribution is 7.40. The van der Waals surface area contributed by atoms with Crippen molar-refractivity contribution in [3.8, 4) is 0 Å². The molecule has 0 aliphatic rings. The van der Waals surface area contributed by atoms with Crippen LogP contribution < -0.4 is 0 Å². The van der Waals surface area contributed by atoms with Gasteiger partial charge in [-0.2, -0.15) is 0 Å². The van der Waals surface area contributed by atoms with Crippen molar-refractivity contribution in [2.75, 3.05) is 0 Å². The maximum Gasteiger partial charge on any atom is 0.0454 e. The molecule has 0 spiro atoms. The van der Waals surface area contributed by atoms with E-state index in [1.807, 2.05) is 0 Å². The van der Waals surface area contributed by atoms with Crippen molar-refractivity contribution in [1.29, 1.82) is 0 Å². The fourth-order valence-corrected chi connectivity index (χ4v) is 5.66. The van der Waals surface area contributed by atoms with Crippen LogP contribution in [0.15, 0.2) is 24.3 Å². The van der Waals surface area contributed by atoms with Crippen molar-refractivity contribution in [2.45, 2.75) is 52.1 Å². The summed E-state index contributed by atoms with van der Waals surface area (Å²) in [5, 5.41) is 0. The number of hydrogen-bond donors (Lipinski definition) is 0. The van der Waals surface area contributed by atoms with E-state index < -0.39 is 15.2 Å². The van der Waals surface area contributed by atoms with Gasteiger partial charge < -0.3 is 0 Å². The molecule has 0 radical (unpaired) electrons. The van der Waals surface area contributed by atoms with E-state index in [1.165, 1.54) is 11.6 Å². The molecule has 0 aromatic heterocycles. The lowest BCUT2D eigenvalue weighted by molar-refractivity contribution is 1.13. The summed E-state index contributed by atoms with van der Waals surface area (Å²) in [5.41, 5.74) is 3.01. The van der Waals surface area contributed by atoms with Crippen LogP contribution in [0.25, 0.3) is 0 Å². The van der Waals surface area contributed by atoms with E-state index in [2.05, 4.69) is 63.9 Å². The number of hydrogen-bond acceptors (Lipinski definition) is 0. The van der Waals surface area contributed by atoms with Crippen LogP contribution in [0.4, 0.5) is 0 Å². The van der Waals surface area contributed by atoms with E-state index >= 15 is 0 Å². The topological polar surface area (TPSA) is 0 Å². The van der Waals surface area contributed by atoms with Crippen LogP contribution in [0, 0.1) is 0 Å². The van der Waals surface area contributed by atoms with Gasteiger partial charge >= 0.3 is 0 Å². The molecule has 0 heterocycles. The molecule has 0 saturated heterocycles. The summed E-state index contributed by atoms with van der Waals surface area (Å²) in [7, 11) is -1.99. The van der Waals surface area contributed by atoms with Gasteiger partial charge in [-0.25, -0.2) is 0 Å². The predicted molar refractivity (Wildman–Crippen MR) is 80.4 cm³/mol. The van der Waals surface area contributed by atoms with Gasteiger partial charge in [0.25, 0.3) is 0 Å². The standard InChI is InChI=1S/C14H26Si2/c1-7-13-8-10-14(11-9-13)12-16(5,6)15(2,3)4/h8-11H,7,12H2,1-6H3. The van der Waals surface area contributed by atoms with E-state index in [4.69, 9.17) is 0 Å². The summed E-state index contributed by atoms with van der Waals surface area (Å²) in [4.78, 5) is 0. The minimum Gasteiger partial charge on any atom is -0.0715 e. The first kappa shape index (κ1) is 13.7. The van der Waals surface area contributed by atoms with E-state index in [0.29, 0.717) is 0 Å². The first-order chi connectivity index (χ1) is 7.26. The lowest BCUT2D eigenvalue weighted by Crippen LogP contribution is -2.54. The molecular formula is C14H26Si2. The van der Waals surface area contributed by atoms with E-state index in [9.17, 15) is 0 Å². The quantitative estimate of drug-likeness (QED) is 0.692. The van der Waals surface area contributed by atoms with Crippen LogP contribution in [-0.4, -0.2) is 15.2 Å². The molecule has 0 nitrogen and oxygen atoms in total. The second-order valence-electron chi connectivity index (χ2n) is 6.48.